The van der Waals surface area contributed by atoms with Crippen LogP contribution in [0.5, 0.6) is 0 Å². The first-order valence-corrected chi connectivity index (χ1v) is 10.6. The summed E-state index contributed by atoms with van der Waals surface area (Å²) in [6.07, 6.45) is 2.01. The number of hydrogen-bond acceptors (Lipinski definition) is 1. The van der Waals surface area contributed by atoms with Gasteiger partial charge in [-0.15, -0.1) is 0 Å². The van der Waals surface area contributed by atoms with Crippen LogP contribution in [0.1, 0.15) is 16.1 Å². The number of carbonyl (C=O) groups is 1. The molecule has 156 valence electrons. The van der Waals surface area contributed by atoms with Crippen molar-refractivity contribution in [3.05, 3.63) is 120 Å². The van der Waals surface area contributed by atoms with E-state index in [4.69, 9.17) is 0 Å². The van der Waals surface area contributed by atoms with E-state index in [1.54, 1.807) is 0 Å². The average molecular weight is 421 g/mol. The summed E-state index contributed by atoms with van der Waals surface area (Å²) >= 11 is 0. The molecule has 0 aliphatic rings. The number of ketones is 1. The Kier molecular flexibility index (Phi) is 5.12. The fourth-order valence-corrected chi connectivity index (χ4v) is 4.21. The van der Waals surface area contributed by atoms with Crippen LogP contribution in [0.15, 0.2) is 103 Å². The molecule has 0 unspecified atom stereocenters. The summed E-state index contributed by atoms with van der Waals surface area (Å²) in [5.74, 6) is -0.410. The van der Waals surface area contributed by atoms with Crippen molar-refractivity contribution in [2.75, 3.05) is 0 Å². The molecule has 4 heteroatoms. The Balaban J connectivity index is 1.59. The van der Waals surface area contributed by atoms with Gasteiger partial charge in [0.15, 0.2) is 17.9 Å². The predicted octanol–water partition coefficient (Wildman–Crippen LogP) is 5.89. The Bertz CT molecular complexity index is 1400. The second kappa shape index (κ2) is 8.23. The van der Waals surface area contributed by atoms with E-state index in [1.165, 1.54) is 24.3 Å². The molecule has 0 aliphatic carbocycles. The summed E-state index contributed by atoms with van der Waals surface area (Å²) in [6, 6.07) is 30.4. The summed E-state index contributed by atoms with van der Waals surface area (Å²) in [7, 11) is 0. The number of carbonyl (C=O) groups excluding carboxylic acids is 1. The normalized spacial score (nSPS) is 11.1. The molecule has 0 fully saturated rings. The number of benzene rings is 3. The molecule has 2 heterocycles. The fraction of sp³-hybridized carbons (Fsp3) is 0.0714. The number of rotatable bonds is 5. The molecule has 5 rings (SSSR count). The zero-order chi connectivity index (χ0) is 22.1. The Morgan fingerprint density at radius 1 is 0.781 bits per heavy atom. The molecule has 3 aromatic carbocycles. The Morgan fingerprint density at radius 3 is 2.12 bits per heavy atom. The summed E-state index contributed by atoms with van der Waals surface area (Å²) in [6.45, 7) is 2.23. The third-order valence-electron chi connectivity index (χ3n) is 5.82. The summed E-state index contributed by atoms with van der Waals surface area (Å²) in [5.41, 5.74) is 6.82. The highest BCUT2D eigenvalue weighted by atomic mass is 19.1. The lowest BCUT2D eigenvalue weighted by atomic mass is 10.0. The van der Waals surface area contributed by atoms with E-state index >= 15 is 0 Å². The van der Waals surface area contributed by atoms with Gasteiger partial charge in [0.1, 0.15) is 5.82 Å². The zero-order valence-electron chi connectivity index (χ0n) is 17.7. The largest absolute Gasteiger partial charge is 0.290 e. The Labute approximate surface area is 186 Å². The van der Waals surface area contributed by atoms with Gasteiger partial charge in [0, 0.05) is 24.1 Å². The molecule has 0 aliphatic heterocycles. The zero-order valence-corrected chi connectivity index (χ0v) is 17.7. The van der Waals surface area contributed by atoms with E-state index in [0.717, 1.165) is 33.7 Å². The minimum atomic E-state index is -0.349. The summed E-state index contributed by atoms with van der Waals surface area (Å²) in [4.78, 5) is 13.0. The Morgan fingerprint density at radius 2 is 1.41 bits per heavy atom. The number of aryl methyl sites for hydroxylation is 1. The highest BCUT2D eigenvalue weighted by molar-refractivity contribution is 5.95. The molecule has 0 saturated heterocycles. The van der Waals surface area contributed by atoms with Crippen molar-refractivity contribution in [1.82, 2.24) is 4.40 Å². The number of aromatic nitrogens is 2. The van der Waals surface area contributed by atoms with Gasteiger partial charge >= 0.3 is 0 Å². The molecule has 5 aromatic rings. The molecule has 0 saturated carbocycles. The number of halogens is 1. The molecule has 0 bridgehead atoms. The fourth-order valence-electron chi connectivity index (χ4n) is 4.21. The van der Waals surface area contributed by atoms with Crippen molar-refractivity contribution in [1.29, 1.82) is 0 Å². The molecule has 0 atom stereocenters. The third-order valence-corrected chi connectivity index (χ3v) is 5.82. The van der Waals surface area contributed by atoms with Crippen LogP contribution in [0.2, 0.25) is 0 Å². The van der Waals surface area contributed by atoms with E-state index < -0.39 is 0 Å². The maximum Gasteiger partial charge on any atom is 0.287 e. The second-order valence-electron chi connectivity index (χ2n) is 7.82. The number of hydrogen-bond donors (Lipinski definition) is 0. The van der Waals surface area contributed by atoms with Crippen LogP contribution in [0.25, 0.3) is 28.0 Å². The summed E-state index contributed by atoms with van der Waals surface area (Å²) in [5, 5.41) is 0. The van der Waals surface area contributed by atoms with Crippen LogP contribution in [-0.4, -0.2) is 10.2 Å². The Hall–Kier alpha value is -4.05. The van der Waals surface area contributed by atoms with Crippen molar-refractivity contribution in [3.8, 4) is 22.4 Å². The first kappa shape index (κ1) is 19.9. The maximum absolute atomic E-state index is 13.3. The predicted molar refractivity (Wildman–Crippen MR) is 124 cm³/mol. The third kappa shape index (κ3) is 3.60. The topological polar surface area (TPSA) is 25.4 Å². The smallest absolute Gasteiger partial charge is 0.287 e. The minimum absolute atomic E-state index is 0.0616. The highest BCUT2D eigenvalue weighted by Crippen LogP contribution is 2.26. The molecule has 0 spiro atoms. The van der Waals surface area contributed by atoms with Gasteiger partial charge in [-0.1, -0.05) is 48.5 Å². The van der Waals surface area contributed by atoms with Gasteiger partial charge < -0.3 is 0 Å². The lowest BCUT2D eigenvalue weighted by molar-refractivity contribution is -0.645. The van der Waals surface area contributed by atoms with Gasteiger partial charge in [-0.3, -0.25) is 4.79 Å². The first-order valence-electron chi connectivity index (χ1n) is 10.6. The average Bonchev–Trinajstić information content (AvgIpc) is 3.11. The van der Waals surface area contributed by atoms with Crippen LogP contribution in [-0.2, 0) is 6.54 Å². The van der Waals surface area contributed by atoms with Gasteiger partial charge in [-0.2, -0.15) is 4.40 Å². The van der Waals surface area contributed by atoms with Crippen LogP contribution in [0, 0.1) is 12.7 Å². The lowest BCUT2D eigenvalue weighted by Crippen LogP contribution is -2.39. The van der Waals surface area contributed by atoms with Crippen molar-refractivity contribution in [3.63, 3.8) is 0 Å². The molecule has 0 N–H and O–H groups in total. The van der Waals surface area contributed by atoms with E-state index in [0.29, 0.717) is 5.56 Å². The minimum Gasteiger partial charge on any atom is -0.290 e. The molecule has 2 aromatic heterocycles. The van der Waals surface area contributed by atoms with Gasteiger partial charge in [-0.05, 0) is 53.6 Å². The van der Waals surface area contributed by atoms with Crippen molar-refractivity contribution < 1.29 is 13.8 Å². The van der Waals surface area contributed by atoms with Gasteiger partial charge in [-0.25, -0.2) is 8.96 Å². The monoisotopic (exact) mass is 421 g/mol. The first-order chi connectivity index (χ1) is 15.6. The van der Waals surface area contributed by atoms with Crippen molar-refractivity contribution >= 4 is 11.4 Å². The van der Waals surface area contributed by atoms with E-state index in [9.17, 15) is 9.18 Å². The maximum atomic E-state index is 13.3. The van der Waals surface area contributed by atoms with Crippen LogP contribution >= 0.6 is 0 Å². The standard InChI is InChI=1S/C28H22FN2O/c1-20-28(24-12-10-22(11-13-24)21-7-3-2-4-8-21)31(27-9-5-6-18-30(20)27)19-26(32)23-14-16-25(29)17-15-23/h2-18H,19H2,1H3/q+1. The van der Waals surface area contributed by atoms with Gasteiger partial charge in [0.2, 0.25) is 5.78 Å². The number of Topliss-reactive ketones (excluding diaryl/α,β-unsaturated/α-hetero) is 1. The molecule has 0 radical (unpaired) electrons. The highest BCUT2D eigenvalue weighted by Gasteiger charge is 2.26. The van der Waals surface area contributed by atoms with E-state index in [-0.39, 0.29) is 18.1 Å². The van der Waals surface area contributed by atoms with Gasteiger partial charge in [0.25, 0.3) is 5.65 Å². The van der Waals surface area contributed by atoms with Crippen LogP contribution in [0.4, 0.5) is 4.39 Å². The number of imidazole rings is 1. The number of pyridine rings is 1. The number of fused-ring (bicyclic) bond motifs is 1. The van der Waals surface area contributed by atoms with Crippen LogP contribution in [0.3, 0.4) is 0 Å². The lowest BCUT2D eigenvalue weighted by Gasteiger charge is -2.06. The van der Waals surface area contributed by atoms with Crippen molar-refractivity contribution in [2.24, 2.45) is 0 Å². The molecule has 3 nitrogen and oxygen atoms in total. The summed E-state index contributed by atoms with van der Waals surface area (Å²) < 4.78 is 17.4. The SMILES string of the molecule is Cc1c(-c2ccc(-c3ccccc3)cc2)[n+](CC(=O)c2ccc(F)cc2)c2ccccn12. The van der Waals surface area contributed by atoms with Gasteiger partial charge in [0.05, 0.1) is 6.20 Å². The quantitative estimate of drug-likeness (QED) is 0.257. The number of nitrogens with zero attached hydrogens (tertiary/aromatic N) is 2. The molecule has 0 amide bonds. The molecule has 32 heavy (non-hydrogen) atoms. The molecular formula is C28H22FN2O+. The van der Waals surface area contributed by atoms with Crippen molar-refractivity contribution in [2.45, 2.75) is 13.5 Å². The van der Waals surface area contributed by atoms with Crippen LogP contribution < -0.4 is 4.57 Å². The van der Waals surface area contributed by atoms with E-state index in [2.05, 4.69) is 47.7 Å². The van der Waals surface area contributed by atoms with E-state index in [1.807, 2.05) is 47.2 Å². The molecular weight excluding hydrogens is 399 g/mol. The second-order valence-corrected chi connectivity index (χ2v) is 7.82.